The molecule has 3 aromatic heterocycles. The predicted octanol–water partition coefficient (Wildman–Crippen LogP) is 12.2. The van der Waals surface area contributed by atoms with E-state index in [1.807, 2.05) is 6.07 Å². The van der Waals surface area contributed by atoms with Crippen molar-refractivity contribution in [1.82, 2.24) is 14.5 Å². The molecule has 0 unspecified atom stereocenters. The zero-order chi connectivity index (χ0) is 33.1. The lowest BCUT2D eigenvalue weighted by molar-refractivity contribution is 0.669. The summed E-state index contributed by atoms with van der Waals surface area (Å²) >= 11 is 0. The summed E-state index contributed by atoms with van der Waals surface area (Å²) in [5, 5.41) is 7.28. The third-order valence-corrected chi connectivity index (χ3v) is 10.6. The average Bonchev–Trinajstić information content (AvgIpc) is 3.67. The molecule has 0 atom stereocenters. The molecule has 0 saturated heterocycles. The minimum Gasteiger partial charge on any atom is -0.456 e. The predicted molar refractivity (Wildman–Crippen MR) is 206 cm³/mol. The van der Waals surface area contributed by atoms with Gasteiger partial charge in [0, 0.05) is 32.7 Å². The van der Waals surface area contributed by atoms with Crippen molar-refractivity contribution in [3.63, 3.8) is 0 Å². The van der Waals surface area contributed by atoms with Crippen LogP contribution in [-0.2, 0) is 0 Å². The Morgan fingerprint density at radius 2 is 1.10 bits per heavy atom. The number of aryl methyl sites for hydroxylation is 2. The van der Waals surface area contributed by atoms with Gasteiger partial charge in [-0.15, -0.1) is 0 Å². The Morgan fingerprint density at radius 1 is 0.460 bits per heavy atom. The highest BCUT2D eigenvalue weighted by Crippen LogP contribution is 2.51. The topological polar surface area (TPSA) is 43.9 Å². The first-order valence-electron chi connectivity index (χ1n) is 17.1. The maximum absolute atomic E-state index is 6.54. The Kier molecular flexibility index (Phi) is 5.49. The van der Waals surface area contributed by atoms with Crippen LogP contribution in [0.15, 0.2) is 144 Å². The van der Waals surface area contributed by atoms with Gasteiger partial charge in [0.15, 0.2) is 5.82 Å². The molecule has 3 heterocycles. The fraction of sp³-hybridized carbons (Fsp3) is 0.0435. The van der Waals surface area contributed by atoms with Gasteiger partial charge in [-0.05, 0) is 82.3 Å². The second kappa shape index (κ2) is 10.0. The highest BCUT2D eigenvalue weighted by Gasteiger charge is 2.28. The van der Waals surface area contributed by atoms with Gasteiger partial charge in [-0.3, -0.25) is 4.57 Å². The Hall–Kier alpha value is -6.52. The minimum absolute atomic E-state index is 0.704. The molecule has 4 heteroatoms. The van der Waals surface area contributed by atoms with Gasteiger partial charge in [0.25, 0.3) is 0 Å². The van der Waals surface area contributed by atoms with E-state index in [0.717, 1.165) is 56.0 Å². The molecule has 0 aliphatic heterocycles. The van der Waals surface area contributed by atoms with Crippen LogP contribution in [0, 0.1) is 13.8 Å². The Morgan fingerprint density at radius 3 is 1.92 bits per heavy atom. The van der Waals surface area contributed by atoms with Gasteiger partial charge in [-0.2, -0.15) is 0 Å². The van der Waals surface area contributed by atoms with Crippen LogP contribution in [0.2, 0.25) is 0 Å². The average molecular weight is 640 g/mol. The summed E-state index contributed by atoms with van der Waals surface area (Å²) in [6, 6.07) is 49.6. The van der Waals surface area contributed by atoms with E-state index in [4.69, 9.17) is 14.4 Å². The van der Waals surface area contributed by atoms with E-state index < -0.39 is 0 Å². The maximum Gasteiger partial charge on any atom is 0.161 e. The maximum atomic E-state index is 6.54. The lowest BCUT2D eigenvalue weighted by Gasteiger charge is -2.18. The number of furan rings is 1. The first kappa shape index (κ1) is 27.4. The van der Waals surface area contributed by atoms with Crippen molar-refractivity contribution in [2.75, 3.05) is 0 Å². The molecule has 234 valence electrons. The Labute approximate surface area is 287 Å². The van der Waals surface area contributed by atoms with Crippen molar-refractivity contribution in [3.8, 4) is 50.6 Å². The number of rotatable bonds is 4. The summed E-state index contributed by atoms with van der Waals surface area (Å²) in [7, 11) is 0. The fourth-order valence-corrected chi connectivity index (χ4v) is 8.41. The van der Waals surface area contributed by atoms with E-state index in [-0.39, 0.29) is 0 Å². The lowest BCUT2D eigenvalue weighted by atomic mass is 9.95. The molecule has 0 fully saturated rings. The van der Waals surface area contributed by atoms with Crippen molar-refractivity contribution in [2.45, 2.75) is 13.8 Å². The first-order chi connectivity index (χ1) is 24.6. The molecule has 50 heavy (non-hydrogen) atoms. The molecule has 11 rings (SSSR count). The second-order valence-electron chi connectivity index (χ2n) is 13.4. The molecule has 0 bridgehead atoms. The van der Waals surface area contributed by atoms with E-state index in [2.05, 4.69) is 152 Å². The van der Waals surface area contributed by atoms with Crippen LogP contribution < -0.4 is 0 Å². The molecule has 0 radical (unpaired) electrons. The normalized spacial score (nSPS) is 12.2. The summed E-state index contributed by atoms with van der Waals surface area (Å²) in [6.45, 7) is 4.29. The van der Waals surface area contributed by atoms with E-state index in [1.54, 1.807) is 0 Å². The molecular weight excluding hydrogens is 611 g/mol. The molecule has 0 amide bonds. The molecule has 0 saturated carbocycles. The Bertz CT molecular complexity index is 3040. The molecule has 4 nitrogen and oxygen atoms in total. The SMILES string of the molecule is Cc1ccccc1-c1c(C)nc(-c2ccc(-c3ccccc3)cc2)nc1-n1c2ccc3cccc4c3c2c2c3c(ccc21)oc1cccc-4c13. The monoisotopic (exact) mass is 639 g/mol. The summed E-state index contributed by atoms with van der Waals surface area (Å²) in [5.74, 6) is 1.58. The van der Waals surface area contributed by atoms with Gasteiger partial charge in [0.05, 0.1) is 16.7 Å². The zero-order valence-corrected chi connectivity index (χ0v) is 27.5. The first-order valence-corrected chi connectivity index (χ1v) is 17.1. The molecule has 7 aromatic carbocycles. The molecule has 10 aromatic rings. The summed E-state index contributed by atoms with van der Waals surface area (Å²) < 4.78 is 8.92. The molecule has 1 aliphatic rings. The van der Waals surface area contributed by atoms with Gasteiger partial charge in [-0.1, -0.05) is 115 Å². The number of hydrogen-bond donors (Lipinski definition) is 0. The quantitative estimate of drug-likeness (QED) is 0.192. The molecule has 0 spiro atoms. The van der Waals surface area contributed by atoms with E-state index in [0.29, 0.717) is 5.82 Å². The second-order valence-corrected chi connectivity index (χ2v) is 13.4. The lowest BCUT2D eigenvalue weighted by Crippen LogP contribution is -2.07. The zero-order valence-electron chi connectivity index (χ0n) is 27.5. The van der Waals surface area contributed by atoms with E-state index in [1.165, 1.54) is 54.6 Å². The molecular formula is C46H29N3O. The van der Waals surface area contributed by atoms with E-state index >= 15 is 0 Å². The van der Waals surface area contributed by atoms with Crippen molar-refractivity contribution in [1.29, 1.82) is 0 Å². The van der Waals surface area contributed by atoms with Crippen LogP contribution >= 0.6 is 0 Å². The van der Waals surface area contributed by atoms with Crippen molar-refractivity contribution in [2.24, 2.45) is 0 Å². The number of nitrogens with zero attached hydrogens (tertiary/aromatic N) is 3. The summed E-state index contributed by atoms with van der Waals surface area (Å²) in [4.78, 5) is 10.7. The number of hydrogen-bond acceptors (Lipinski definition) is 3. The van der Waals surface area contributed by atoms with Crippen LogP contribution in [0.5, 0.6) is 0 Å². The Balaban J connectivity index is 1.28. The smallest absolute Gasteiger partial charge is 0.161 e. The fourth-order valence-electron chi connectivity index (χ4n) is 8.41. The highest BCUT2D eigenvalue weighted by atomic mass is 16.3. The van der Waals surface area contributed by atoms with Gasteiger partial charge in [0.2, 0.25) is 0 Å². The number of benzene rings is 7. The van der Waals surface area contributed by atoms with Crippen molar-refractivity contribution >= 4 is 54.5 Å². The van der Waals surface area contributed by atoms with Gasteiger partial charge >= 0.3 is 0 Å². The number of fused-ring (bicyclic) bond motifs is 1. The molecule has 0 N–H and O–H groups in total. The standard InChI is InChI=1S/C46H29N3O/c1-26-10-6-7-14-32(26)39-27(2)47-45(31-20-18-29(19-21-31)28-11-4-3-5-12-28)48-46(39)49-35-23-22-30-13-8-15-33-34-16-9-17-37-41(34)44-38(50-37)25-24-36(49)43(44)42(35)40(30)33/h3-25H,1-2H3. The van der Waals surface area contributed by atoms with Crippen molar-refractivity contribution < 1.29 is 4.42 Å². The van der Waals surface area contributed by atoms with Crippen LogP contribution in [-0.4, -0.2) is 14.5 Å². The van der Waals surface area contributed by atoms with Crippen LogP contribution in [0.1, 0.15) is 11.3 Å². The van der Waals surface area contributed by atoms with E-state index in [9.17, 15) is 0 Å². The van der Waals surface area contributed by atoms with Gasteiger partial charge in [-0.25, -0.2) is 9.97 Å². The highest BCUT2D eigenvalue weighted by molar-refractivity contribution is 6.38. The third kappa shape index (κ3) is 3.65. The third-order valence-electron chi connectivity index (χ3n) is 10.6. The number of aromatic nitrogens is 3. The largest absolute Gasteiger partial charge is 0.456 e. The van der Waals surface area contributed by atoms with Crippen LogP contribution in [0.25, 0.3) is 105 Å². The van der Waals surface area contributed by atoms with Crippen LogP contribution in [0.3, 0.4) is 0 Å². The van der Waals surface area contributed by atoms with Crippen molar-refractivity contribution in [3.05, 3.63) is 151 Å². The van der Waals surface area contributed by atoms with Crippen LogP contribution in [0.4, 0.5) is 0 Å². The summed E-state index contributed by atoms with van der Waals surface area (Å²) in [6.07, 6.45) is 0. The van der Waals surface area contributed by atoms with Gasteiger partial charge in [0.1, 0.15) is 17.0 Å². The minimum atomic E-state index is 0.704. The molecule has 1 aliphatic carbocycles. The summed E-state index contributed by atoms with van der Waals surface area (Å²) in [5.41, 5.74) is 14.1. The van der Waals surface area contributed by atoms with Gasteiger partial charge < -0.3 is 4.42 Å².